The molecule has 1 atom stereocenters. The summed E-state index contributed by atoms with van der Waals surface area (Å²) in [5.41, 5.74) is 11.2. The highest BCUT2D eigenvalue weighted by Crippen LogP contribution is 2.26. The summed E-state index contributed by atoms with van der Waals surface area (Å²) in [4.78, 5) is 30.4. The molecule has 0 unspecified atom stereocenters. The molecule has 1 aliphatic rings. The van der Waals surface area contributed by atoms with Crippen LogP contribution in [0.4, 0.5) is 23.0 Å². The quantitative estimate of drug-likeness (QED) is 0.320. The molecule has 10 nitrogen and oxygen atoms in total. The maximum absolute atomic E-state index is 11.9. The molecule has 1 aliphatic heterocycles. The highest BCUT2D eigenvalue weighted by Gasteiger charge is 2.18. The van der Waals surface area contributed by atoms with Gasteiger partial charge in [-0.15, -0.1) is 0 Å². The summed E-state index contributed by atoms with van der Waals surface area (Å²) >= 11 is 0. The third-order valence-electron chi connectivity index (χ3n) is 6.96. The van der Waals surface area contributed by atoms with Gasteiger partial charge in [-0.1, -0.05) is 12.1 Å². The van der Waals surface area contributed by atoms with E-state index in [2.05, 4.69) is 59.2 Å². The second-order valence-electron chi connectivity index (χ2n) is 9.97. The summed E-state index contributed by atoms with van der Waals surface area (Å²) in [6.07, 6.45) is 5.66. The van der Waals surface area contributed by atoms with Crippen LogP contribution < -0.4 is 21.3 Å². The highest BCUT2D eigenvalue weighted by atomic mass is 16.2. The minimum Gasteiger partial charge on any atom is -0.369 e. The molecule has 1 amide bonds. The van der Waals surface area contributed by atoms with Crippen molar-refractivity contribution in [3.8, 4) is 11.3 Å². The van der Waals surface area contributed by atoms with Crippen LogP contribution in [0.3, 0.4) is 0 Å². The van der Waals surface area contributed by atoms with Crippen LogP contribution in [0.5, 0.6) is 0 Å². The highest BCUT2D eigenvalue weighted by molar-refractivity contribution is 5.94. The van der Waals surface area contributed by atoms with Crippen molar-refractivity contribution in [2.45, 2.75) is 26.4 Å². The van der Waals surface area contributed by atoms with Gasteiger partial charge < -0.3 is 25.8 Å². The number of nitrogens with zero attached hydrogens (tertiary/aromatic N) is 6. The molecule has 5 rings (SSSR count). The Bertz CT molecular complexity index is 1410. The summed E-state index contributed by atoms with van der Waals surface area (Å²) < 4.78 is 2.08. The fourth-order valence-corrected chi connectivity index (χ4v) is 4.56. The van der Waals surface area contributed by atoms with Crippen LogP contribution in [0.15, 0.2) is 67.1 Å². The lowest BCUT2D eigenvalue weighted by atomic mass is 10.1. The van der Waals surface area contributed by atoms with Gasteiger partial charge in [-0.3, -0.25) is 9.69 Å². The number of carbonyl (C=O) groups excluding carboxylic acids is 1. The number of aryl methyl sites for hydroxylation is 2. The second-order valence-corrected chi connectivity index (χ2v) is 9.97. The first-order valence-corrected chi connectivity index (χ1v) is 13.2. The number of imidazole rings is 1. The zero-order valence-electron chi connectivity index (χ0n) is 22.6. The number of rotatable bonds is 8. The van der Waals surface area contributed by atoms with E-state index < -0.39 is 6.04 Å². The Balaban J connectivity index is 1.19. The third kappa shape index (κ3) is 6.42. The molecule has 1 fully saturated rings. The zero-order chi connectivity index (χ0) is 27.4. The molecule has 202 valence electrons. The van der Waals surface area contributed by atoms with Crippen LogP contribution in [-0.4, -0.2) is 62.5 Å². The maximum atomic E-state index is 11.9. The summed E-state index contributed by atoms with van der Waals surface area (Å²) in [7, 11) is 2.04. The lowest BCUT2D eigenvalue weighted by molar-refractivity contribution is -0.117. The normalized spacial score (nSPS) is 14.7. The van der Waals surface area contributed by atoms with E-state index >= 15 is 0 Å². The Kier molecular flexibility index (Phi) is 7.85. The van der Waals surface area contributed by atoms with E-state index in [1.807, 2.05) is 56.8 Å². The number of benzene rings is 2. The second kappa shape index (κ2) is 11.6. The molecule has 0 saturated carbocycles. The molecule has 0 spiro atoms. The lowest BCUT2D eigenvalue weighted by Gasteiger charge is -2.36. The van der Waals surface area contributed by atoms with Crippen LogP contribution in [0.25, 0.3) is 11.3 Å². The van der Waals surface area contributed by atoms with Crippen LogP contribution in [0.2, 0.25) is 0 Å². The van der Waals surface area contributed by atoms with E-state index in [-0.39, 0.29) is 5.91 Å². The number of carbonyl (C=O) groups is 1. The largest absolute Gasteiger partial charge is 0.369 e. The number of nitrogens with one attached hydrogen (secondary N) is 2. The number of piperazine rings is 1. The summed E-state index contributed by atoms with van der Waals surface area (Å²) in [6.45, 7) is 8.49. The summed E-state index contributed by atoms with van der Waals surface area (Å²) in [5.74, 6) is 1.41. The van der Waals surface area contributed by atoms with Crippen molar-refractivity contribution in [1.82, 2.24) is 24.4 Å². The lowest BCUT2D eigenvalue weighted by Crippen LogP contribution is -2.46. The van der Waals surface area contributed by atoms with Crippen LogP contribution in [0.1, 0.15) is 18.3 Å². The Labute approximate surface area is 228 Å². The Morgan fingerprint density at radius 3 is 2.33 bits per heavy atom. The van der Waals surface area contributed by atoms with Gasteiger partial charge >= 0.3 is 0 Å². The Morgan fingerprint density at radius 1 is 1.00 bits per heavy atom. The molecular formula is C29H35N9O. The van der Waals surface area contributed by atoms with Gasteiger partial charge in [0.2, 0.25) is 11.9 Å². The van der Waals surface area contributed by atoms with E-state index in [1.165, 1.54) is 5.69 Å². The molecule has 2 aromatic heterocycles. The van der Waals surface area contributed by atoms with Crippen molar-refractivity contribution in [1.29, 1.82) is 0 Å². The van der Waals surface area contributed by atoms with Crippen LogP contribution in [-0.2, 0) is 18.4 Å². The number of nitrogens with two attached hydrogens (primary N) is 1. The molecule has 3 heterocycles. The van der Waals surface area contributed by atoms with Gasteiger partial charge in [0.15, 0.2) is 0 Å². The van der Waals surface area contributed by atoms with E-state index in [9.17, 15) is 4.79 Å². The minimum atomic E-state index is -0.565. The van der Waals surface area contributed by atoms with Crippen molar-refractivity contribution in [2.75, 3.05) is 41.7 Å². The first-order chi connectivity index (χ1) is 18.9. The van der Waals surface area contributed by atoms with E-state index in [0.717, 1.165) is 61.1 Å². The molecule has 0 bridgehead atoms. The van der Waals surface area contributed by atoms with E-state index in [0.29, 0.717) is 11.6 Å². The molecule has 4 aromatic rings. The number of hydrogen-bond acceptors (Lipinski definition) is 8. The monoisotopic (exact) mass is 525 g/mol. The Morgan fingerprint density at radius 2 is 1.69 bits per heavy atom. The number of aromatic nitrogens is 4. The van der Waals surface area contributed by atoms with Gasteiger partial charge in [0, 0.05) is 74.4 Å². The fraction of sp³-hybridized carbons (Fsp3) is 0.310. The zero-order valence-corrected chi connectivity index (χ0v) is 22.6. The molecule has 39 heavy (non-hydrogen) atoms. The fourth-order valence-electron chi connectivity index (χ4n) is 4.56. The van der Waals surface area contributed by atoms with Gasteiger partial charge in [0.1, 0.15) is 5.82 Å². The average molecular weight is 526 g/mol. The Hall–Kier alpha value is -4.28. The maximum Gasteiger partial charge on any atom is 0.240 e. The first kappa shape index (κ1) is 26.3. The standard InChI is InChI=1S/C29H35N9O/c1-20-18-32-29(35-27(20)22-4-6-23(7-5-22)33-28(39)21(2)30)34-24-8-10-25(11-9-24)38-16-14-37(15-17-38)19-26-31-12-13-36(26)3/h4-13,18,21H,14-17,19,30H2,1-3H3,(H,33,39)(H,32,34,35)/t21-/m0/s1. The molecule has 1 saturated heterocycles. The summed E-state index contributed by atoms with van der Waals surface area (Å²) in [5, 5.41) is 6.13. The van der Waals surface area contributed by atoms with E-state index in [1.54, 1.807) is 6.92 Å². The smallest absolute Gasteiger partial charge is 0.240 e. The van der Waals surface area contributed by atoms with Crippen molar-refractivity contribution in [3.63, 3.8) is 0 Å². The predicted molar refractivity (Wildman–Crippen MR) is 155 cm³/mol. The van der Waals surface area contributed by atoms with E-state index in [4.69, 9.17) is 10.7 Å². The van der Waals surface area contributed by atoms with Crippen molar-refractivity contribution >= 4 is 28.9 Å². The molecule has 0 aliphatic carbocycles. The minimum absolute atomic E-state index is 0.221. The SMILES string of the molecule is Cc1cnc(Nc2ccc(N3CCN(Cc4nccn4C)CC3)cc2)nc1-c1ccc(NC(=O)[C@H](C)N)cc1. The predicted octanol–water partition coefficient (Wildman–Crippen LogP) is 3.54. The number of amides is 1. The topological polar surface area (TPSA) is 117 Å². The third-order valence-corrected chi connectivity index (χ3v) is 6.96. The van der Waals surface area contributed by atoms with Crippen LogP contribution >= 0.6 is 0 Å². The van der Waals surface area contributed by atoms with Gasteiger partial charge in [-0.25, -0.2) is 15.0 Å². The molecule has 4 N–H and O–H groups in total. The number of hydrogen-bond donors (Lipinski definition) is 3. The first-order valence-electron chi connectivity index (χ1n) is 13.2. The summed E-state index contributed by atoms with van der Waals surface area (Å²) in [6, 6.07) is 15.4. The van der Waals surface area contributed by atoms with Gasteiger partial charge in [-0.2, -0.15) is 0 Å². The molecular weight excluding hydrogens is 490 g/mol. The van der Waals surface area contributed by atoms with Gasteiger partial charge in [0.25, 0.3) is 0 Å². The number of anilines is 4. The average Bonchev–Trinajstić information content (AvgIpc) is 3.35. The van der Waals surface area contributed by atoms with Crippen molar-refractivity contribution < 1.29 is 4.79 Å². The van der Waals surface area contributed by atoms with Crippen molar-refractivity contribution in [3.05, 3.63) is 78.5 Å². The van der Waals surface area contributed by atoms with Crippen LogP contribution in [0, 0.1) is 6.92 Å². The molecule has 0 radical (unpaired) electrons. The molecule has 10 heteroatoms. The van der Waals surface area contributed by atoms with Gasteiger partial charge in [-0.05, 0) is 55.8 Å². The van der Waals surface area contributed by atoms with Crippen molar-refractivity contribution in [2.24, 2.45) is 12.8 Å². The molecule has 2 aromatic carbocycles. The van der Waals surface area contributed by atoms with Gasteiger partial charge in [0.05, 0.1) is 18.3 Å².